The van der Waals surface area contributed by atoms with E-state index >= 15 is 0 Å². The molecule has 1 N–H and O–H groups in total. The third kappa shape index (κ3) is 4.19. The minimum absolute atomic E-state index is 0.138. The van der Waals surface area contributed by atoms with E-state index in [2.05, 4.69) is 42.3 Å². The van der Waals surface area contributed by atoms with Gasteiger partial charge in [0.05, 0.1) is 18.3 Å². The number of benzene rings is 1. The van der Waals surface area contributed by atoms with Crippen molar-refractivity contribution in [3.8, 4) is 0 Å². The topological polar surface area (TPSA) is 90.5 Å². The van der Waals surface area contributed by atoms with E-state index in [4.69, 9.17) is 0 Å². The molecular formula is C23H25N7O. The number of carbonyl (C=O) groups excluding carboxylic acids is 1. The number of amides is 1. The van der Waals surface area contributed by atoms with E-state index in [1.165, 1.54) is 12.8 Å². The number of hydrogen-bond donors (Lipinski definition) is 1. The van der Waals surface area contributed by atoms with Crippen LogP contribution in [0.15, 0.2) is 48.8 Å². The van der Waals surface area contributed by atoms with E-state index in [1.807, 2.05) is 28.9 Å². The van der Waals surface area contributed by atoms with Crippen LogP contribution in [0, 0.1) is 0 Å². The molecule has 1 aromatic carbocycles. The fourth-order valence-corrected chi connectivity index (χ4v) is 4.09. The van der Waals surface area contributed by atoms with Crippen LogP contribution in [0.25, 0.3) is 11.0 Å². The van der Waals surface area contributed by atoms with Gasteiger partial charge in [-0.25, -0.2) is 9.67 Å². The molecule has 8 heteroatoms. The van der Waals surface area contributed by atoms with Crippen LogP contribution in [-0.2, 0) is 25.9 Å². The van der Waals surface area contributed by atoms with Crippen LogP contribution in [0.2, 0.25) is 0 Å². The molecule has 0 saturated heterocycles. The smallest absolute Gasteiger partial charge is 0.252 e. The normalized spacial score (nSPS) is 13.7. The highest BCUT2D eigenvalue weighted by molar-refractivity contribution is 5.96. The molecule has 0 atom stereocenters. The number of aryl methyl sites for hydroxylation is 1. The van der Waals surface area contributed by atoms with Crippen LogP contribution in [0.5, 0.6) is 0 Å². The van der Waals surface area contributed by atoms with Gasteiger partial charge in [-0.15, -0.1) is 10.2 Å². The lowest BCUT2D eigenvalue weighted by Crippen LogP contribution is -2.26. The van der Waals surface area contributed by atoms with Gasteiger partial charge in [0.25, 0.3) is 5.91 Å². The highest BCUT2D eigenvalue weighted by Crippen LogP contribution is 2.16. The average Bonchev–Trinajstić information content (AvgIpc) is 3.29. The molecule has 0 spiro atoms. The van der Waals surface area contributed by atoms with E-state index in [9.17, 15) is 4.79 Å². The molecule has 8 nitrogen and oxygen atoms in total. The van der Waals surface area contributed by atoms with Crippen LogP contribution in [-0.4, -0.2) is 42.0 Å². The van der Waals surface area contributed by atoms with Gasteiger partial charge in [-0.3, -0.25) is 4.79 Å². The Hall–Kier alpha value is -3.55. The van der Waals surface area contributed by atoms with Crippen molar-refractivity contribution in [2.75, 3.05) is 6.54 Å². The number of nitrogens with one attached hydrogen (secondary N) is 1. The number of aromatic nitrogens is 6. The second-order valence-corrected chi connectivity index (χ2v) is 7.93. The Labute approximate surface area is 180 Å². The maximum atomic E-state index is 12.6. The van der Waals surface area contributed by atoms with Crippen molar-refractivity contribution in [1.82, 2.24) is 34.8 Å². The first-order valence-corrected chi connectivity index (χ1v) is 10.8. The van der Waals surface area contributed by atoms with Crippen LogP contribution >= 0.6 is 0 Å². The Balaban J connectivity index is 1.23. The third-order valence-corrected chi connectivity index (χ3v) is 5.73. The van der Waals surface area contributed by atoms with Crippen LogP contribution < -0.4 is 5.32 Å². The summed E-state index contributed by atoms with van der Waals surface area (Å²) in [4.78, 5) is 17.1. The molecule has 0 radical (unpaired) electrons. The fourth-order valence-electron chi connectivity index (χ4n) is 4.09. The third-order valence-electron chi connectivity index (χ3n) is 5.73. The number of hydrogen-bond acceptors (Lipinski definition) is 5. The lowest BCUT2D eigenvalue weighted by atomic mass is 10.2. The van der Waals surface area contributed by atoms with E-state index in [0.29, 0.717) is 25.1 Å². The predicted molar refractivity (Wildman–Crippen MR) is 117 cm³/mol. The number of pyridine rings is 1. The first-order valence-electron chi connectivity index (χ1n) is 10.8. The Morgan fingerprint density at radius 1 is 1.06 bits per heavy atom. The lowest BCUT2D eigenvalue weighted by molar-refractivity contribution is 0.0953. The quantitative estimate of drug-likeness (QED) is 0.523. The van der Waals surface area contributed by atoms with Crippen molar-refractivity contribution < 1.29 is 4.79 Å². The van der Waals surface area contributed by atoms with Gasteiger partial charge in [-0.1, -0.05) is 36.8 Å². The van der Waals surface area contributed by atoms with Gasteiger partial charge in [-0.2, -0.15) is 5.10 Å². The molecule has 31 heavy (non-hydrogen) atoms. The van der Waals surface area contributed by atoms with Gasteiger partial charge in [0.15, 0.2) is 5.65 Å². The highest BCUT2D eigenvalue weighted by Gasteiger charge is 2.15. The number of nitrogens with zero attached hydrogens (tertiary/aromatic N) is 6. The second-order valence-electron chi connectivity index (χ2n) is 7.93. The number of fused-ring (bicyclic) bond motifs is 2. The molecule has 5 rings (SSSR count). The summed E-state index contributed by atoms with van der Waals surface area (Å²) < 4.78 is 4.07. The van der Waals surface area contributed by atoms with E-state index in [-0.39, 0.29) is 5.91 Å². The van der Waals surface area contributed by atoms with Crippen molar-refractivity contribution in [2.45, 2.75) is 45.2 Å². The molecule has 158 valence electrons. The maximum absolute atomic E-state index is 12.6. The Bertz CT molecular complexity index is 1200. The molecule has 1 aliphatic heterocycles. The van der Waals surface area contributed by atoms with Gasteiger partial charge >= 0.3 is 0 Å². The average molecular weight is 416 g/mol. The predicted octanol–water partition coefficient (Wildman–Crippen LogP) is 2.77. The van der Waals surface area contributed by atoms with Crippen molar-refractivity contribution in [2.24, 2.45) is 0 Å². The lowest BCUT2D eigenvalue weighted by Gasteiger charge is -2.08. The van der Waals surface area contributed by atoms with Crippen molar-refractivity contribution in [3.63, 3.8) is 0 Å². The van der Waals surface area contributed by atoms with Crippen molar-refractivity contribution in [3.05, 3.63) is 71.6 Å². The summed E-state index contributed by atoms with van der Waals surface area (Å²) in [6.07, 6.45) is 8.60. The van der Waals surface area contributed by atoms with Crippen LogP contribution in [0.1, 0.15) is 46.8 Å². The monoisotopic (exact) mass is 415 g/mol. The number of rotatable bonds is 6. The Morgan fingerprint density at radius 3 is 2.87 bits per heavy atom. The maximum Gasteiger partial charge on any atom is 0.252 e. The largest absolute Gasteiger partial charge is 0.352 e. The van der Waals surface area contributed by atoms with Gasteiger partial charge in [0.1, 0.15) is 11.6 Å². The standard InChI is InChI=1S/C23H25N7O/c31-23(24-11-10-21-28-27-20-9-5-2-6-12-29(20)21)19-13-18-15-26-30(22(18)25-14-19)16-17-7-3-1-4-8-17/h1,3-4,7-8,13-15H,2,5-6,9-12,16H2,(H,24,31). The first kappa shape index (κ1) is 19.4. The minimum atomic E-state index is -0.138. The van der Waals surface area contributed by atoms with Crippen molar-refractivity contribution >= 4 is 16.9 Å². The summed E-state index contributed by atoms with van der Waals surface area (Å²) in [7, 11) is 0. The summed E-state index contributed by atoms with van der Waals surface area (Å²) in [5.74, 6) is 1.88. The van der Waals surface area contributed by atoms with Gasteiger partial charge in [-0.05, 0) is 24.5 Å². The SMILES string of the molecule is O=C(NCCc1nnc2n1CCCCC2)c1cnc2c(cnn2Cc2ccccc2)c1. The van der Waals surface area contributed by atoms with Crippen molar-refractivity contribution in [1.29, 1.82) is 0 Å². The van der Waals surface area contributed by atoms with Crippen LogP contribution in [0.3, 0.4) is 0 Å². The molecule has 1 aliphatic rings. The van der Waals surface area contributed by atoms with E-state index in [0.717, 1.165) is 47.6 Å². The fraction of sp³-hybridized carbons (Fsp3) is 0.348. The summed E-state index contributed by atoms with van der Waals surface area (Å²) in [5.41, 5.74) is 2.46. The van der Waals surface area contributed by atoms with Gasteiger partial charge in [0, 0.05) is 37.5 Å². The second kappa shape index (κ2) is 8.67. The zero-order valence-corrected chi connectivity index (χ0v) is 17.4. The molecule has 0 saturated carbocycles. The van der Waals surface area contributed by atoms with Gasteiger partial charge < -0.3 is 9.88 Å². The number of carbonyl (C=O) groups is 1. The Morgan fingerprint density at radius 2 is 1.97 bits per heavy atom. The first-order chi connectivity index (χ1) is 15.3. The summed E-state index contributed by atoms with van der Waals surface area (Å²) in [6.45, 7) is 2.13. The zero-order chi connectivity index (χ0) is 21.0. The molecule has 0 aliphatic carbocycles. The minimum Gasteiger partial charge on any atom is -0.352 e. The van der Waals surface area contributed by atoms with E-state index in [1.54, 1.807) is 12.4 Å². The zero-order valence-electron chi connectivity index (χ0n) is 17.4. The summed E-state index contributed by atoms with van der Waals surface area (Å²) >= 11 is 0. The Kier molecular flexibility index (Phi) is 5.43. The molecule has 0 bridgehead atoms. The molecule has 4 aromatic rings. The molecule has 3 aromatic heterocycles. The molecular weight excluding hydrogens is 390 g/mol. The summed E-state index contributed by atoms with van der Waals surface area (Å²) in [6, 6.07) is 12.0. The van der Waals surface area contributed by atoms with Crippen LogP contribution in [0.4, 0.5) is 0 Å². The molecule has 0 unspecified atom stereocenters. The highest BCUT2D eigenvalue weighted by atomic mass is 16.1. The summed E-state index contributed by atoms with van der Waals surface area (Å²) in [5, 5.41) is 16.9. The molecule has 4 heterocycles. The van der Waals surface area contributed by atoms with E-state index < -0.39 is 0 Å². The van der Waals surface area contributed by atoms with Gasteiger partial charge in [0.2, 0.25) is 0 Å². The molecule has 0 fully saturated rings. The molecule has 1 amide bonds.